The van der Waals surface area contributed by atoms with E-state index < -0.39 is 5.97 Å². The third-order valence-corrected chi connectivity index (χ3v) is 6.34. The van der Waals surface area contributed by atoms with Gasteiger partial charge < -0.3 is 34.3 Å². The molecule has 1 heterocycles. The fourth-order valence-electron chi connectivity index (χ4n) is 4.24. The van der Waals surface area contributed by atoms with E-state index >= 15 is 0 Å². The zero-order chi connectivity index (χ0) is 28.4. The van der Waals surface area contributed by atoms with Gasteiger partial charge in [0.1, 0.15) is 0 Å². The Labute approximate surface area is 235 Å². The van der Waals surface area contributed by atoms with E-state index in [4.69, 9.17) is 24.1 Å². The molecule has 3 rings (SSSR count). The normalized spacial score (nSPS) is 15.2. The number of carbonyl (C=O) groups excluding carboxylic acids is 2. The first kappa shape index (κ1) is 31.2. The van der Waals surface area contributed by atoms with Crippen molar-refractivity contribution in [2.45, 2.75) is 38.6 Å². The van der Waals surface area contributed by atoms with E-state index in [1.54, 1.807) is 0 Å². The van der Waals surface area contributed by atoms with Crippen LogP contribution in [0.4, 0.5) is 0 Å². The number of carbonyl (C=O) groups is 3. The Hall–Kier alpha value is -3.31. The summed E-state index contributed by atoms with van der Waals surface area (Å²) in [6.07, 6.45) is 10.4. The highest BCUT2D eigenvalue weighted by Crippen LogP contribution is 2.29. The summed E-state index contributed by atoms with van der Waals surface area (Å²) in [6.45, 7) is 3.71. The molecule has 0 radical (unpaired) electrons. The first-order chi connectivity index (χ1) is 19.5. The van der Waals surface area contributed by atoms with Crippen molar-refractivity contribution in [1.29, 1.82) is 0 Å². The lowest BCUT2D eigenvalue weighted by atomic mass is 9.95. The van der Waals surface area contributed by atoms with Crippen LogP contribution >= 0.6 is 0 Å². The van der Waals surface area contributed by atoms with Crippen molar-refractivity contribution in [3.05, 3.63) is 64.9 Å². The molecule has 0 spiro atoms. The molecular weight excluding hydrogens is 516 g/mol. The molecule has 0 aromatic heterocycles. The number of carboxylic acid groups (broad SMARTS) is 1. The molecule has 1 aliphatic carbocycles. The standard InChI is InChI=1S/C30H40N2O8/c33-28(31-14-16-38-18-20-40-22-21-39-19-17-37-15-13-30(35)36)11-12-29(34)32-23-26-7-2-1-5-24(26)9-10-25-6-3-4-8-27(25)32/h1-2,4-5,7-10H,3,6,11-23H2,(H,31,33)(H,35,36)/b10-9-. The second-order valence-corrected chi connectivity index (χ2v) is 9.31. The Morgan fingerprint density at radius 2 is 1.48 bits per heavy atom. The van der Waals surface area contributed by atoms with Gasteiger partial charge in [0.25, 0.3) is 0 Å². The molecule has 1 aliphatic heterocycles. The zero-order valence-electron chi connectivity index (χ0n) is 23.0. The van der Waals surface area contributed by atoms with E-state index in [-0.39, 0.29) is 37.7 Å². The Balaban J connectivity index is 1.24. The number of carboxylic acids is 1. The van der Waals surface area contributed by atoms with Crippen LogP contribution in [0.15, 0.2) is 53.8 Å². The molecule has 2 amide bonds. The first-order valence-corrected chi connectivity index (χ1v) is 13.8. The maximum Gasteiger partial charge on any atom is 0.305 e. The van der Waals surface area contributed by atoms with E-state index in [2.05, 4.69) is 29.6 Å². The Kier molecular flexibility index (Phi) is 14.1. The van der Waals surface area contributed by atoms with Gasteiger partial charge in [-0.2, -0.15) is 0 Å². The van der Waals surface area contributed by atoms with Crippen LogP contribution in [0.1, 0.15) is 43.2 Å². The highest BCUT2D eigenvalue weighted by atomic mass is 16.6. The molecule has 0 atom stereocenters. The van der Waals surface area contributed by atoms with Gasteiger partial charge in [-0.15, -0.1) is 0 Å². The molecular formula is C30H40N2O8. The SMILES string of the molecule is O=C(O)CCOCCOCCOCCOCCNC(=O)CCC(=O)N1Cc2ccccc2/C=C\C2=C1C=CCC2. The molecule has 0 saturated carbocycles. The average Bonchev–Trinajstić information content (AvgIpc) is 2.95. The lowest BCUT2D eigenvalue weighted by molar-refractivity contribution is -0.138. The minimum absolute atomic E-state index is 0.0174. The summed E-state index contributed by atoms with van der Waals surface area (Å²) in [4.78, 5) is 37.7. The predicted molar refractivity (Wildman–Crippen MR) is 149 cm³/mol. The molecule has 10 heteroatoms. The smallest absolute Gasteiger partial charge is 0.305 e. The van der Waals surface area contributed by atoms with Crippen LogP contribution in [-0.4, -0.2) is 87.2 Å². The van der Waals surface area contributed by atoms with Crippen molar-refractivity contribution in [1.82, 2.24) is 10.2 Å². The van der Waals surface area contributed by atoms with Crippen LogP contribution in [0.25, 0.3) is 6.08 Å². The molecule has 10 nitrogen and oxygen atoms in total. The highest BCUT2D eigenvalue weighted by Gasteiger charge is 2.23. The van der Waals surface area contributed by atoms with Gasteiger partial charge in [-0.1, -0.05) is 42.5 Å². The summed E-state index contributed by atoms with van der Waals surface area (Å²) in [6, 6.07) is 8.07. The summed E-state index contributed by atoms with van der Waals surface area (Å²) in [5, 5.41) is 11.3. The minimum Gasteiger partial charge on any atom is -0.481 e. The van der Waals surface area contributed by atoms with E-state index in [9.17, 15) is 14.4 Å². The van der Waals surface area contributed by atoms with Crippen LogP contribution in [0, 0.1) is 0 Å². The van der Waals surface area contributed by atoms with E-state index in [1.165, 1.54) is 0 Å². The number of amides is 2. The van der Waals surface area contributed by atoms with Gasteiger partial charge >= 0.3 is 5.97 Å². The molecule has 40 heavy (non-hydrogen) atoms. The lowest BCUT2D eigenvalue weighted by Crippen LogP contribution is -2.33. The highest BCUT2D eigenvalue weighted by molar-refractivity contribution is 5.85. The number of nitrogens with one attached hydrogen (secondary N) is 1. The molecule has 0 fully saturated rings. The quantitative estimate of drug-likeness (QED) is 0.265. The van der Waals surface area contributed by atoms with E-state index in [0.29, 0.717) is 59.3 Å². The van der Waals surface area contributed by atoms with Gasteiger partial charge in [0.2, 0.25) is 11.8 Å². The van der Waals surface area contributed by atoms with E-state index in [1.807, 2.05) is 29.2 Å². The second-order valence-electron chi connectivity index (χ2n) is 9.31. The summed E-state index contributed by atoms with van der Waals surface area (Å²) in [7, 11) is 0. The third kappa shape index (κ3) is 11.4. The fraction of sp³-hybridized carbons (Fsp3) is 0.500. The van der Waals surface area contributed by atoms with Crippen molar-refractivity contribution in [2.75, 3.05) is 59.4 Å². The molecule has 2 aliphatic rings. The lowest BCUT2D eigenvalue weighted by Gasteiger charge is -2.29. The number of hydrogen-bond donors (Lipinski definition) is 2. The van der Waals surface area contributed by atoms with Gasteiger partial charge in [-0.05, 0) is 35.6 Å². The van der Waals surface area contributed by atoms with Crippen molar-refractivity contribution < 1.29 is 38.4 Å². The third-order valence-electron chi connectivity index (χ3n) is 6.34. The number of nitrogens with zero attached hydrogens (tertiary/aromatic N) is 1. The Bertz CT molecular complexity index is 1070. The van der Waals surface area contributed by atoms with Crippen LogP contribution in [0.3, 0.4) is 0 Å². The van der Waals surface area contributed by atoms with Crippen molar-refractivity contribution in [3.8, 4) is 0 Å². The minimum atomic E-state index is -0.886. The first-order valence-electron chi connectivity index (χ1n) is 13.8. The molecule has 1 aromatic rings. The number of aliphatic carboxylic acids is 1. The van der Waals surface area contributed by atoms with Crippen LogP contribution in [0.2, 0.25) is 0 Å². The number of hydrogen-bond acceptors (Lipinski definition) is 7. The Morgan fingerprint density at radius 3 is 2.20 bits per heavy atom. The van der Waals surface area contributed by atoms with Crippen molar-refractivity contribution in [3.63, 3.8) is 0 Å². The molecule has 2 N–H and O–H groups in total. The zero-order valence-corrected chi connectivity index (χ0v) is 23.0. The van der Waals surface area contributed by atoms with E-state index in [0.717, 1.165) is 35.2 Å². The number of allylic oxidation sites excluding steroid dienone is 4. The Morgan fingerprint density at radius 1 is 0.800 bits per heavy atom. The van der Waals surface area contributed by atoms with Gasteiger partial charge in [-0.3, -0.25) is 14.4 Å². The largest absolute Gasteiger partial charge is 0.481 e. The predicted octanol–water partition coefficient (Wildman–Crippen LogP) is 3.08. The van der Waals surface area contributed by atoms with Gasteiger partial charge in [0.15, 0.2) is 0 Å². The number of fused-ring (bicyclic) bond motifs is 1. The fourth-order valence-corrected chi connectivity index (χ4v) is 4.24. The summed E-state index contributed by atoms with van der Waals surface area (Å²) >= 11 is 0. The van der Waals surface area contributed by atoms with Gasteiger partial charge in [-0.25, -0.2) is 0 Å². The van der Waals surface area contributed by atoms with Crippen LogP contribution in [-0.2, 0) is 39.9 Å². The topological polar surface area (TPSA) is 124 Å². The molecule has 0 unspecified atom stereocenters. The number of rotatable bonds is 18. The van der Waals surface area contributed by atoms with Crippen molar-refractivity contribution >= 4 is 23.9 Å². The van der Waals surface area contributed by atoms with Crippen molar-refractivity contribution in [2.24, 2.45) is 0 Å². The average molecular weight is 557 g/mol. The molecule has 1 aromatic carbocycles. The summed E-state index contributed by atoms with van der Waals surface area (Å²) in [5.41, 5.74) is 4.25. The monoisotopic (exact) mass is 556 g/mol. The van der Waals surface area contributed by atoms with Crippen LogP contribution < -0.4 is 5.32 Å². The molecule has 218 valence electrons. The summed E-state index contributed by atoms with van der Waals surface area (Å²) < 4.78 is 21.3. The maximum atomic E-state index is 13.2. The second kappa shape index (κ2) is 18.1. The summed E-state index contributed by atoms with van der Waals surface area (Å²) in [5.74, 6) is -1.14. The molecule has 0 saturated heterocycles. The van der Waals surface area contributed by atoms with Gasteiger partial charge in [0, 0.05) is 25.1 Å². The number of ether oxygens (including phenoxy) is 4. The number of benzene rings is 1. The van der Waals surface area contributed by atoms with Crippen LogP contribution in [0.5, 0.6) is 0 Å². The maximum absolute atomic E-state index is 13.2. The molecule has 0 bridgehead atoms. The van der Waals surface area contributed by atoms with Gasteiger partial charge in [0.05, 0.1) is 65.8 Å².